The Morgan fingerprint density at radius 2 is 1.88 bits per heavy atom. The van der Waals surface area contributed by atoms with Gasteiger partial charge in [-0.25, -0.2) is 0 Å². The second-order valence-electron chi connectivity index (χ2n) is 7.95. The molecule has 1 unspecified atom stereocenters. The molecule has 1 aliphatic heterocycles. The first-order chi connectivity index (χ1) is 16.4. The zero-order chi connectivity index (χ0) is 24.1. The number of rotatable bonds is 8. The van der Waals surface area contributed by atoms with E-state index in [0.717, 1.165) is 11.3 Å². The highest BCUT2D eigenvalue weighted by Crippen LogP contribution is 2.35. The molecule has 176 valence electrons. The van der Waals surface area contributed by atoms with Gasteiger partial charge in [0.05, 0.1) is 7.11 Å². The van der Waals surface area contributed by atoms with Crippen LogP contribution in [0.1, 0.15) is 18.4 Å². The van der Waals surface area contributed by atoms with Crippen molar-refractivity contribution in [3.05, 3.63) is 72.3 Å². The smallest absolute Gasteiger partial charge is 0.387 e. The highest BCUT2D eigenvalue weighted by Gasteiger charge is 2.26. The van der Waals surface area contributed by atoms with E-state index in [2.05, 4.69) is 15.4 Å². The highest BCUT2D eigenvalue weighted by atomic mass is 19.3. The minimum absolute atomic E-state index is 0.00397. The number of ether oxygens (including phenoxy) is 2. The summed E-state index contributed by atoms with van der Waals surface area (Å²) in [6.45, 7) is -2.98. The van der Waals surface area contributed by atoms with Crippen LogP contribution in [-0.4, -0.2) is 25.5 Å². The SMILES string of the molecule is COc1ccc(-c2cc(NC(=O)CCC3Cc4ccccc4NC3=O)ccc2OC(F)F)cc1. The number of halogens is 2. The standard InChI is InChI=1S/C26H24F2N2O4/c1-33-20-10-6-16(7-11-20)21-15-19(9-12-23(21)34-26(27)28)29-24(31)13-8-18-14-17-4-2-3-5-22(17)30-25(18)32/h2-7,9-12,15,18,26H,8,13-14H2,1H3,(H,29,31)(H,30,32). The van der Waals surface area contributed by atoms with Crippen molar-refractivity contribution in [2.24, 2.45) is 5.92 Å². The summed E-state index contributed by atoms with van der Waals surface area (Å²) in [6.07, 6.45) is 1.12. The van der Waals surface area contributed by atoms with Crippen LogP contribution in [-0.2, 0) is 16.0 Å². The van der Waals surface area contributed by atoms with Gasteiger partial charge in [0, 0.05) is 29.3 Å². The van der Waals surface area contributed by atoms with Crippen molar-refractivity contribution < 1.29 is 27.8 Å². The summed E-state index contributed by atoms with van der Waals surface area (Å²) in [4.78, 5) is 25.0. The number of anilines is 2. The molecule has 0 aromatic heterocycles. The third-order valence-corrected chi connectivity index (χ3v) is 5.71. The second-order valence-corrected chi connectivity index (χ2v) is 7.95. The third kappa shape index (κ3) is 5.51. The molecule has 0 bridgehead atoms. The normalized spacial score (nSPS) is 14.8. The first kappa shape index (κ1) is 23.2. The van der Waals surface area contributed by atoms with Crippen molar-refractivity contribution in [1.29, 1.82) is 0 Å². The number of carbonyl (C=O) groups excluding carboxylic acids is 2. The molecule has 4 rings (SSSR count). The number of fused-ring (bicyclic) bond motifs is 1. The number of methoxy groups -OCH3 is 1. The summed E-state index contributed by atoms with van der Waals surface area (Å²) in [5.41, 5.74) is 3.33. The van der Waals surface area contributed by atoms with Crippen LogP contribution in [0, 0.1) is 5.92 Å². The van der Waals surface area contributed by atoms with E-state index in [1.165, 1.54) is 19.2 Å². The largest absolute Gasteiger partial charge is 0.497 e. The Balaban J connectivity index is 1.44. The van der Waals surface area contributed by atoms with Crippen molar-refractivity contribution in [2.45, 2.75) is 25.9 Å². The molecule has 1 aliphatic rings. The molecule has 1 atom stereocenters. The molecule has 0 saturated heterocycles. The fourth-order valence-corrected chi connectivity index (χ4v) is 3.98. The van der Waals surface area contributed by atoms with Crippen LogP contribution < -0.4 is 20.1 Å². The summed E-state index contributed by atoms with van der Waals surface area (Å²) in [5.74, 6) is -0.0383. The van der Waals surface area contributed by atoms with Gasteiger partial charge in [0.1, 0.15) is 11.5 Å². The Morgan fingerprint density at radius 3 is 2.62 bits per heavy atom. The zero-order valence-electron chi connectivity index (χ0n) is 18.5. The molecule has 34 heavy (non-hydrogen) atoms. The molecule has 3 aromatic carbocycles. The summed E-state index contributed by atoms with van der Waals surface area (Å²) in [6, 6.07) is 19.0. The molecule has 3 aromatic rings. The van der Waals surface area contributed by atoms with E-state index in [9.17, 15) is 18.4 Å². The minimum Gasteiger partial charge on any atom is -0.497 e. The zero-order valence-corrected chi connectivity index (χ0v) is 18.5. The molecular weight excluding hydrogens is 442 g/mol. The number of alkyl halides is 2. The van der Waals surface area contributed by atoms with Crippen LogP contribution in [0.25, 0.3) is 11.1 Å². The van der Waals surface area contributed by atoms with Gasteiger partial charge < -0.3 is 20.1 Å². The van der Waals surface area contributed by atoms with Gasteiger partial charge in [-0.2, -0.15) is 8.78 Å². The summed E-state index contributed by atoms with van der Waals surface area (Å²) < 4.78 is 35.6. The number of para-hydroxylation sites is 1. The van der Waals surface area contributed by atoms with Crippen LogP contribution in [0.5, 0.6) is 11.5 Å². The number of hydrogen-bond acceptors (Lipinski definition) is 4. The van der Waals surface area contributed by atoms with E-state index in [1.807, 2.05) is 24.3 Å². The maximum absolute atomic E-state index is 12.9. The highest BCUT2D eigenvalue weighted by molar-refractivity contribution is 5.97. The maximum Gasteiger partial charge on any atom is 0.387 e. The van der Waals surface area contributed by atoms with Crippen LogP contribution in [0.2, 0.25) is 0 Å². The van der Waals surface area contributed by atoms with Crippen molar-refractivity contribution in [2.75, 3.05) is 17.7 Å². The summed E-state index contributed by atoms with van der Waals surface area (Å²) in [7, 11) is 1.53. The molecule has 2 N–H and O–H groups in total. The van der Waals surface area contributed by atoms with Gasteiger partial charge in [0.15, 0.2) is 0 Å². The Morgan fingerprint density at radius 1 is 1.12 bits per heavy atom. The van der Waals surface area contributed by atoms with E-state index in [4.69, 9.17) is 4.74 Å². The van der Waals surface area contributed by atoms with Gasteiger partial charge in [-0.3, -0.25) is 9.59 Å². The van der Waals surface area contributed by atoms with Crippen molar-refractivity contribution in [3.63, 3.8) is 0 Å². The average molecular weight is 466 g/mol. The monoisotopic (exact) mass is 466 g/mol. The summed E-state index contributed by atoms with van der Waals surface area (Å²) in [5, 5.41) is 5.67. The Hall–Kier alpha value is -3.94. The summed E-state index contributed by atoms with van der Waals surface area (Å²) >= 11 is 0. The molecule has 6 nitrogen and oxygen atoms in total. The second kappa shape index (κ2) is 10.3. The van der Waals surface area contributed by atoms with Gasteiger partial charge >= 0.3 is 6.61 Å². The quantitative estimate of drug-likeness (QED) is 0.460. The van der Waals surface area contributed by atoms with Crippen molar-refractivity contribution in [3.8, 4) is 22.6 Å². The lowest BCUT2D eigenvalue weighted by molar-refractivity contribution is -0.121. The van der Waals surface area contributed by atoms with Crippen LogP contribution in [0.15, 0.2) is 66.7 Å². The molecule has 0 saturated carbocycles. The predicted octanol–water partition coefficient (Wildman–Crippen LogP) is 5.49. The molecule has 8 heteroatoms. The topological polar surface area (TPSA) is 76.7 Å². The maximum atomic E-state index is 12.9. The fourth-order valence-electron chi connectivity index (χ4n) is 3.98. The predicted molar refractivity (Wildman–Crippen MR) is 125 cm³/mol. The van der Waals surface area contributed by atoms with Gasteiger partial charge in [-0.1, -0.05) is 30.3 Å². The Bertz CT molecular complexity index is 1180. The van der Waals surface area contributed by atoms with Gasteiger partial charge in [0.2, 0.25) is 11.8 Å². The minimum atomic E-state index is -2.98. The van der Waals surface area contributed by atoms with E-state index < -0.39 is 6.61 Å². The van der Waals surface area contributed by atoms with E-state index in [-0.39, 0.29) is 29.9 Å². The number of hydrogen-bond donors (Lipinski definition) is 2. The van der Waals surface area contributed by atoms with Crippen molar-refractivity contribution in [1.82, 2.24) is 0 Å². The fraction of sp³-hybridized carbons (Fsp3) is 0.231. The number of nitrogens with one attached hydrogen (secondary N) is 2. The number of amides is 2. The molecule has 0 aliphatic carbocycles. The Kier molecular flexibility index (Phi) is 7.06. The Labute approximate surface area is 195 Å². The van der Waals surface area contributed by atoms with E-state index in [0.29, 0.717) is 35.4 Å². The first-order valence-corrected chi connectivity index (χ1v) is 10.8. The molecular formula is C26H24F2N2O4. The van der Waals surface area contributed by atoms with Gasteiger partial charge in [-0.05, 0) is 60.4 Å². The van der Waals surface area contributed by atoms with E-state index in [1.54, 1.807) is 30.3 Å². The van der Waals surface area contributed by atoms with E-state index >= 15 is 0 Å². The van der Waals surface area contributed by atoms with Crippen LogP contribution >= 0.6 is 0 Å². The average Bonchev–Trinajstić information content (AvgIpc) is 2.83. The van der Waals surface area contributed by atoms with Crippen molar-refractivity contribution >= 4 is 23.2 Å². The molecule has 0 spiro atoms. The van der Waals surface area contributed by atoms with Crippen LogP contribution in [0.4, 0.5) is 20.2 Å². The molecule has 0 fully saturated rings. The lowest BCUT2D eigenvalue weighted by atomic mass is 9.89. The molecule has 0 radical (unpaired) electrons. The molecule has 2 amide bonds. The number of benzene rings is 3. The number of carbonyl (C=O) groups is 2. The third-order valence-electron chi connectivity index (χ3n) is 5.71. The molecule has 1 heterocycles. The van der Waals surface area contributed by atoms with Crippen LogP contribution in [0.3, 0.4) is 0 Å². The lowest BCUT2D eigenvalue weighted by Gasteiger charge is -2.24. The first-order valence-electron chi connectivity index (χ1n) is 10.8. The van der Waals surface area contributed by atoms with Gasteiger partial charge in [0.25, 0.3) is 0 Å². The van der Waals surface area contributed by atoms with Gasteiger partial charge in [-0.15, -0.1) is 0 Å². The lowest BCUT2D eigenvalue weighted by Crippen LogP contribution is -2.30.